The number of quaternary nitrogens is 1. The first-order chi connectivity index (χ1) is 28.5. The van der Waals surface area contributed by atoms with Crippen molar-refractivity contribution < 1.29 is 42.1 Å². The van der Waals surface area contributed by atoms with Crippen molar-refractivity contribution in [2.75, 3.05) is 47.5 Å². The largest absolute Gasteiger partial charge is 0.472 e. The van der Waals surface area contributed by atoms with Crippen LogP contribution in [0.15, 0.2) is 12.2 Å². The van der Waals surface area contributed by atoms with Crippen molar-refractivity contribution in [1.82, 2.24) is 0 Å². The van der Waals surface area contributed by atoms with Crippen molar-refractivity contribution in [2.24, 2.45) is 0 Å². The Labute approximate surface area is 365 Å². The number of carbonyl (C=O) groups is 2. The molecule has 1 N–H and O–H groups in total. The van der Waals surface area contributed by atoms with E-state index in [4.69, 9.17) is 18.5 Å². The second-order valence-corrected chi connectivity index (χ2v) is 19.7. The fraction of sp³-hybridized carbons (Fsp3) is 0.918. The number of hydrogen-bond acceptors (Lipinski definition) is 7. The third kappa shape index (κ3) is 46.1. The lowest BCUT2D eigenvalue weighted by Crippen LogP contribution is -2.37. The molecule has 0 bridgehead atoms. The molecule has 0 aliphatic carbocycles. The van der Waals surface area contributed by atoms with Gasteiger partial charge in [-0.15, -0.1) is 0 Å². The second-order valence-electron chi connectivity index (χ2n) is 18.2. The summed E-state index contributed by atoms with van der Waals surface area (Å²) in [4.78, 5) is 35.5. The Hall–Kier alpha value is -1.25. The molecule has 0 saturated heterocycles. The van der Waals surface area contributed by atoms with E-state index in [2.05, 4.69) is 26.0 Å². The highest BCUT2D eigenvalue weighted by atomic mass is 31.2. The van der Waals surface area contributed by atoms with E-state index in [-0.39, 0.29) is 25.6 Å². The van der Waals surface area contributed by atoms with Crippen LogP contribution < -0.4 is 0 Å². The Kier molecular flexibility index (Phi) is 41.2. The lowest BCUT2D eigenvalue weighted by Gasteiger charge is -2.24. The molecule has 2 atom stereocenters. The molecule has 0 spiro atoms. The summed E-state index contributed by atoms with van der Waals surface area (Å²) in [5.41, 5.74) is 0. The molecule has 0 aromatic carbocycles. The van der Waals surface area contributed by atoms with Crippen LogP contribution >= 0.6 is 7.82 Å². The molecule has 0 aliphatic heterocycles. The Bertz CT molecular complexity index is 1020. The highest BCUT2D eigenvalue weighted by Crippen LogP contribution is 2.43. The minimum Gasteiger partial charge on any atom is -0.462 e. The van der Waals surface area contributed by atoms with Gasteiger partial charge in [-0.1, -0.05) is 199 Å². The fourth-order valence-electron chi connectivity index (χ4n) is 7.13. The first-order valence-corrected chi connectivity index (χ1v) is 26.4. The fourth-order valence-corrected chi connectivity index (χ4v) is 7.87. The molecule has 0 aromatic heterocycles. The second kappa shape index (κ2) is 42.1. The number of likely N-dealkylation sites (N-methyl/N-ethyl adjacent to an activating group) is 1. The normalized spacial score (nSPS) is 13.5. The molecule has 0 aromatic rings. The average molecular weight is 859 g/mol. The highest BCUT2D eigenvalue weighted by molar-refractivity contribution is 7.47. The van der Waals surface area contributed by atoms with Crippen molar-refractivity contribution in [3.63, 3.8) is 0 Å². The van der Waals surface area contributed by atoms with E-state index in [1.54, 1.807) is 0 Å². The van der Waals surface area contributed by atoms with Crippen molar-refractivity contribution in [1.29, 1.82) is 0 Å². The van der Waals surface area contributed by atoms with Crippen LogP contribution in [0.3, 0.4) is 0 Å². The molecule has 0 radical (unpaired) electrons. The molecule has 0 saturated carbocycles. The van der Waals surface area contributed by atoms with Gasteiger partial charge in [0.15, 0.2) is 6.10 Å². The quantitative estimate of drug-likeness (QED) is 0.0212. The van der Waals surface area contributed by atoms with Gasteiger partial charge in [-0.2, -0.15) is 0 Å². The molecule has 10 heteroatoms. The van der Waals surface area contributed by atoms with Crippen molar-refractivity contribution in [2.45, 2.75) is 245 Å². The maximum Gasteiger partial charge on any atom is 0.472 e. The van der Waals surface area contributed by atoms with Gasteiger partial charge in [0.05, 0.1) is 27.7 Å². The Morgan fingerprint density at radius 3 is 1.25 bits per heavy atom. The maximum absolute atomic E-state index is 12.7. The minimum absolute atomic E-state index is 0.0342. The van der Waals surface area contributed by atoms with Gasteiger partial charge >= 0.3 is 19.8 Å². The summed E-state index contributed by atoms with van der Waals surface area (Å²) in [7, 11) is 1.49. The first kappa shape index (κ1) is 57.8. The predicted octanol–water partition coefficient (Wildman–Crippen LogP) is 14.5. The number of rotatable bonds is 46. The monoisotopic (exact) mass is 859 g/mol. The molecule has 0 amide bonds. The van der Waals surface area contributed by atoms with Crippen LogP contribution in [0.25, 0.3) is 0 Å². The number of phosphoric ester groups is 1. The lowest BCUT2D eigenvalue weighted by molar-refractivity contribution is -0.870. The number of allylic oxidation sites excluding steroid dienone is 2. The summed E-state index contributed by atoms with van der Waals surface area (Å²) in [6, 6.07) is 0. The summed E-state index contributed by atoms with van der Waals surface area (Å²) in [5.74, 6) is -0.789. The van der Waals surface area contributed by atoms with Crippen LogP contribution in [0, 0.1) is 0 Å². The van der Waals surface area contributed by atoms with Crippen molar-refractivity contribution in [3.05, 3.63) is 12.2 Å². The number of carbonyl (C=O) groups excluding carboxylic acids is 2. The van der Waals surface area contributed by atoms with E-state index in [0.29, 0.717) is 23.9 Å². The topological polar surface area (TPSA) is 108 Å². The summed E-state index contributed by atoms with van der Waals surface area (Å²) >= 11 is 0. The van der Waals surface area contributed by atoms with Gasteiger partial charge in [-0.25, -0.2) is 4.57 Å². The first-order valence-electron chi connectivity index (χ1n) is 24.9. The van der Waals surface area contributed by atoms with E-state index < -0.39 is 26.5 Å². The lowest BCUT2D eigenvalue weighted by atomic mass is 10.0. The summed E-state index contributed by atoms with van der Waals surface area (Å²) < 4.78 is 34.4. The molecule has 59 heavy (non-hydrogen) atoms. The number of hydrogen-bond donors (Lipinski definition) is 1. The Balaban J connectivity index is 4.25. The molecular weight excluding hydrogens is 762 g/mol. The van der Waals surface area contributed by atoms with Crippen LogP contribution in [0.4, 0.5) is 0 Å². The van der Waals surface area contributed by atoms with Gasteiger partial charge in [-0.3, -0.25) is 18.6 Å². The van der Waals surface area contributed by atoms with E-state index in [9.17, 15) is 19.0 Å². The number of unbranched alkanes of at least 4 members (excludes halogenated alkanes) is 30. The summed E-state index contributed by atoms with van der Waals surface area (Å²) in [5, 5.41) is 0. The van der Waals surface area contributed by atoms with E-state index >= 15 is 0 Å². The molecule has 0 fully saturated rings. The summed E-state index contributed by atoms with van der Waals surface area (Å²) in [6.07, 6.45) is 45.4. The number of nitrogens with zero attached hydrogens (tertiary/aromatic N) is 1. The Morgan fingerprint density at radius 2 is 0.864 bits per heavy atom. The zero-order chi connectivity index (χ0) is 43.6. The van der Waals surface area contributed by atoms with E-state index in [0.717, 1.165) is 44.9 Å². The smallest absolute Gasteiger partial charge is 0.462 e. The molecule has 9 nitrogen and oxygen atoms in total. The molecule has 0 aliphatic rings. The van der Waals surface area contributed by atoms with Crippen LogP contribution in [0.5, 0.6) is 0 Å². The van der Waals surface area contributed by atoms with Gasteiger partial charge in [0.1, 0.15) is 19.8 Å². The zero-order valence-electron chi connectivity index (χ0n) is 39.5. The molecular formula is C49H97NO8P+. The minimum atomic E-state index is -4.37. The van der Waals surface area contributed by atoms with Gasteiger partial charge < -0.3 is 18.9 Å². The maximum atomic E-state index is 12.7. The standard InChI is InChI=1S/C49H96NO8P/c1-6-8-10-12-14-16-18-20-22-24-25-26-28-30-32-34-36-38-40-42-49(52)58-47(46-57-59(53,54)56-44-43-50(3,4)5)45-55-48(51)41-39-37-35-33-31-29-27-23-21-19-17-15-13-11-9-7-2/h24-25,47H,6-23,26-46H2,1-5H3/p+1/b25-24-/t47-/m1/s1. The molecule has 350 valence electrons. The number of phosphoric acid groups is 1. The van der Waals surface area contributed by atoms with Crippen LogP contribution in [0.2, 0.25) is 0 Å². The molecule has 1 unspecified atom stereocenters. The number of esters is 2. The van der Waals surface area contributed by atoms with Crippen molar-refractivity contribution >= 4 is 19.8 Å². The van der Waals surface area contributed by atoms with Gasteiger partial charge in [0.2, 0.25) is 0 Å². The highest BCUT2D eigenvalue weighted by Gasteiger charge is 2.27. The van der Waals surface area contributed by atoms with Crippen LogP contribution in [-0.4, -0.2) is 74.9 Å². The van der Waals surface area contributed by atoms with Crippen molar-refractivity contribution in [3.8, 4) is 0 Å². The average Bonchev–Trinajstić information content (AvgIpc) is 3.19. The number of ether oxygens (including phenoxy) is 2. The van der Waals surface area contributed by atoms with Gasteiger partial charge in [0, 0.05) is 12.8 Å². The van der Waals surface area contributed by atoms with Crippen LogP contribution in [0.1, 0.15) is 239 Å². The third-order valence-electron chi connectivity index (χ3n) is 11.0. The third-order valence-corrected chi connectivity index (χ3v) is 12.0. The molecule has 0 heterocycles. The SMILES string of the molecule is CCCCCCCCCC/C=C\CCCCCCCCCC(=O)O[C@H](COC(=O)CCCCCCCCCCCCCCCCCC)COP(=O)(O)OCC[N+](C)(C)C. The van der Waals surface area contributed by atoms with Crippen LogP contribution in [-0.2, 0) is 32.7 Å². The van der Waals surface area contributed by atoms with Gasteiger partial charge in [0.25, 0.3) is 0 Å². The van der Waals surface area contributed by atoms with E-state index in [1.165, 1.54) is 161 Å². The molecule has 0 rings (SSSR count). The summed E-state index contributed by atoms with van der Waals surface area (Å²) in [6.45, 7) is 4.46. The predicted molar refractivity (Wildman–Crippen MR) is 248 cm³/mol. The Morgan fingerprint density at radius 1 is 0.508 bits per heavy atom. The van der Waals surface area contributed by atoms with E-state index in [1.807, 2.05) is 21.1 Å². The zero-order valence-corrected chi connectivity index (χ0v) is 40.4. The van der Waals surface area contributed by atoms with Gasteiger partial charge in [-0.05, 0) is 38.5 Å².